The fourth-order valence-corrected chi connectivity index (χ4v) is 2.66. The van der Waals surface area contributed by atoms with E-state index < -0.39 is 0 Å². The summed E-state index contributed by atoms with van der Waals surface area (Å²) >= 11 is 0. The van der Waals surface area contributed by atoms with E-state index in [4.69, 9.17) is 11.5 Å². The summed E-state index contributed by atoms with van der Waals surface area (Å²) in [5.74, 6) is 0. The number of hydrogen-bond donors (Lipinski definition) is 5. The predicted octanol–water partition coefficient (Wildman–Crippen LogP) is 1.67. The van der Waals surface area contributed by atoms with Crippen LogP contribution in [0.5, 0.6) is 0 Å². The highest BCUT2D eigenvalue weighted by atomic mass is 16.3. The predicted molar refractivity (Wildman–Crippen MR) is 91.5 cm³/mol. The van der Waals surface area contributed by atoms with Gasteiger partial charge in [-0.3, -0.25) is 0 Å². The quantitative estimate of drug-likeness (QED) is 0.278. The molecule has 0 heterocycles. The summed E-state index contributed by atoms with van der Waals surface area (Å²) < 4.78 is 0. The third-order valence-corrected chi connectivity index (χ3v) is 4.13. The van der Waals surface area contributed by atoms with Gasteiger partial charge in [0.25, 0.3) is 0 Å². The number of aliphatic hydroxyl groups is 3. The molecule has 0 aromatic rings. The maximum atomic E-state index is 9.90. The molecule has 5 heteroatoms. The van der Waals surface area contributed by atoms with Crippen molar-refractivity contribution in [1.82, 2.24) is 0 Å². The van der Waals surface area contributed by atoms with Crippen LogP contribution in [0.3, 0.4) is 0 Å². The molecule has 0 radical (unpaired) electrons. The van der Waals surface area contributed by atoms with E-state index in [2.05, 4.69) is 0 Å². The second kappa shape index (κ2) is 15.7. The first kappa shape index (κ1) is 21.8. The third kappa shape index (κ3) is 14.7. The summed E-state index contributed by atoms with van der Waals surface area (Å²) in [6.45, 7) is 1.27. The zero-order valence-electron chi connectivity index (χ0n) is 14.1. The second-order valence-corrected chi connectivity index (χ2v) is 6.39. The summed E-state index contributed by atoms with van der Waals surface area (Å²) in [5, 5.41) is 29.3. The Kier molecular flexibility index (Phi) is 15.5. The molecule has 0 aliphatic carbocycles. The van der Waals surface area contributed by atoms with Gasteiger partial charge in [0.05, 0.1) is 18.3 Å². The molecule has 2 atom stereocenters. The van der Waals surface area contributed by atoms with Gasteiger partial charge in [-0.05, 0) is 64.5 Å². The molecule has 5 nitrogen and oxygen atoms in total. The molecule has 2 unspecified atom stereocenters. The molecule has 0 aromatic carbocycles. The van der Waals surface area contributed by atoms with Crippen LogP contribution in [-0.2, 0) is 0 Å². The van der Waals surface area contributed by atoms with Crippen molar-refractivity contribution in [3.8, 4) is 0 Å². The normalized spacial score (nSPS) is 15.7. The van der Waals surface area contributed by atoms with Gasteiger partial charge >= 0.3 is 0 Å². The molecule has 0 fully saturated rings. The summed E-state index contributed by atoms with van der Waals surface area (Å²) in [6, 6.07) is 0. The van der Waals surface area contributed by atoms with Crippen LogP contribution in [0.25, 0.3) is 0 Å². The first-order chi connectivity index (χ1) is 10.6. The summed E-state index contributed by atoms with van der Waals surface area (Å²) in [6.07, 6.45) is 9.65. The molecule has 0 saturated heterocycles. The maximum Gasteiger partial charge on any atom is 0.0540 e. The van der Waals surface area contributed by atoms with E-state index in [1.807, 2.05) is 0 Å². The van der Waals surface area contributed by atoms with Gasteiger partial charge in [0.1, 0.15) is 0 Å². The Morgan fingerprint density at radius 1 is 0.455 bits per heavy atom. The van der Waals surface area contributed by atoms with Gasteiger partial charge in [0, 0.05) is 0 Å². The minimum absolute atomic E-state index is 0.240. The van der Waals surface area contributed by atoms with E-state index in [0.29, 0.717) is 13.1 Å². The molecule has 134 valence electrons. The van der Waals surface area contributed by atoms with Crippen molar-refractivity contribution in [2.24, 2.45) is 11.5 Å². The van der Waals surface area contributed by atoms with E-state index in [1.165, 1.54) is 0 Å². The molecule has 0 aromatic heterocycles. The van der Waals surface area contributed by atoms with Crippen LogP contribution in [0.15, 0.2) is 0 Å². The summed E-state index contributed by atoms with van der Waals surface area (Å²) in [7, 11) is 0. The lowest BCUT2D eigenvalue weighted by Crippen LogP contribution is -2.12. The monoisotopic (exact) mass is 318 g/mol. The molecular weight excluding hydrogens is 280 g/mol. The fraction of sp³-hybridized carbons (Fsp3) is 1.00. The first-order valence-electron chi connectivity index (χ1n) is 9.04. The van der Waals surface area contributed by atoms with E-state index >= 15 is 0 Å². The average molecular weight is 319 g/mol. The van der Waals surface area contributed by atoms with Crippen LogP contribution in [0.4, 0.5) is 0 Å². The highest BCUT2D eigenvalue weighted by Crippen LogP contribution is 2.14. The Balaban J connectivity index is 3.37. The van der Waals surface area contributed by atoms with Gasteiger partial charge in [-0.2, -0.15) is 0 Å². The van der Waals surface area contributed by atoms with Crippen LogP contribution in [0.1, 0.15) is 77.0 Å². The van der Waals surface area contributed by atoms with Gasteiger partial charge in [-0.25, -0.2) is 0 Å². The lowest BCUT2D eigenvalue weighted by Gasteiger charge is -2.13. The van der Waals surface area contributed by atoms with E-state index in [1.54, 1.807) is 0 Å². The highest BCUT2D eigenvalue weighted by Gasteiger charge is 2.08. The van der Waals surface area contributed by atoms with Crippen LogP contribution < -0.4 is 11.5 Å². The van der Waals surface area contributed by atoms with Crippen LogP contribution >= 0.6 is 0 Å². The summed E-state index contributed by atoms with van der Waals surface area (Å²) in [5.41, 5.74) is 10.8. The van der Waals surface area contributed by atoms with E-state index in [9.17, 15) is 15.3 Å². The molecule has 0 rings (SSSR count). The first-order valence-corrected chi connectivity index (χ1v) is 9.04. The molecule has 0 spiro atoms. The topological polar surface area (TPSA) is 113 Å². The number of nitrogens with two attached hydrogens (primary N) is 2. The largest absolute Gasteiger partial charge is 0.393 e. The zero-order valence-corrected chi connectivity index (χ0v) is 14.1. The van der Waals surface area contributed by atoms with Crippen LogP contribution in [0, 0.1) is 0 Å². The van der Waals surface area contributed by atoms with Gasteiger partial charge in [0.2, 0.25) is 0 Å². The van der Waals surface area contributed by atoms with Gasteiger partial charge in [-0.15, -0.1) is 0 Å². The Morgan fingerprint density at radius 2 is 0.682 bits per heavy atom. The van der Waals surface area contributed by atoms with Gasteiger partial charge in [0.15, 0.2) is 0 Å². The standard InChI is InChI=1S/C17H38N2O3/c18-13-5-11-16(21)9-3-1-7-15(20)8-2-4-10-17(22)12-6-14-19/h15-17,20-22H,1-14,18-19H2. The average Bonchev–Trinajstić information content (AvgIpc) is 2.51. The Hall–Kier alpha value is -0.200. The summed E-state index contributed by atoms with van der Waals surface area (Å²) in [4.78, 5) is 0. The lowest BCUT2D eigenvalue weighted by molar-refractivity contribution is 0.126. The second-order valence-electron chi connectivity index (χ2n) is 6.39. The van der Waals surface area contributed by atoms with Crippen LogP contribution in [0.2, 0.25) is 0 Å². The number of unbranched alkanes of at least 4 members (excludes halogenated alkanes) is 2. The number of rotatable bonds is 16. The van der Waals surface area contributed by atoms with Crippen molar-refractivity contribution in [3.63, 3.8) is 0 Å². The maximum absolute atomic E-state index is 9.90. The molecule has 0 amide bonds. The van der Waals surface area contributed by atoms with Gasteiger partial charge in [-0.1, -0.05) is 25.7 Å². The lowest BCUT2D eigenvalue weighted by atomic mass is 10.0. The smallest absolute Gasteiger partial charge is 0.0540 e. The van der Waals surface area contributed by atoms with Crippen molar-refractivity contribution in [2.45, 2.75) is 95.4 Å². The Morgan fingerprint density at radius 3 is 0.909 bits per heavy atom. The van der Waals surface area contributed by atoms with E-state index in [0.717, 1.165) is 77.0 Å². The Bertz CT molecular complexity index is 208. The number of hydrogen-bond acceptors (Lipinski definition) is 5. The molecule has 0 aliphatic rings. The molecule has 22 heavy (non-hydrogen) atoms. The van der Waals surface area contributed by atoms with Crippen molar-refractivity contribution in [3.05, 3.63) is 0 Å². The molecule has 0 aliphatic heterocycles. The minimum Gasteiger partial charge on any atom is -0.393 e. The van der Waals surface area contributed by atoms with Crippen molar-refractivity contribution in [1.29, 1.82) is 0 Å². The molecule has 0 bridgehead atoms. The van der Waals surface area contributed by atoms with Crippen molar-refractivity contribution in [2.75, 3.05) is 13.1 Å². The number of aliphatic hydroxyl groups excluding tert-OH is 3. The Labute approximate surface area is 136 Å². The minimum atomic E-state index is -0.248. The SMILES string of the molecule is NCCCC(O)CCCCC(O)CCCCC(O)CCCN. The van der Waals surface area contributed by atoms with Gasteiger partial charge < -0.3 is 26.8 Å². The van der Waals surface area contributed by atoms with Crippen LogP contribution in [-0.4, -0.2) is 46.7 Å². The molecular formula is C17H38N2O3. The fourth-order valence-electron chi connectivity index (χ4n) is 2.66. The zero-order chi connectivity index (χ0) is 16.6. The highest BCUT2D eigenvalue weighted by molar-refractivity contribution is 4.62. The molecule has 0 saturated carbocycles. The van der Waals surface area contributed by atoms with E-state index in [-0.39, 0.29) is 18.3 Å². The van der Waals surface area contributed by atoms with Crippen molar-refractivity contribution < 1.29 is 15.3 Å². The molecule has 7 N–H and O–H groups in total. The third-order valence-electron chi connectivity index (χ3n) is 4.13. The van der Waals surface area contributed by atoms with Crippen molar-refractivity contribution >= 4 is 0 Å².